The summed E-state index contributed by atoms with van der Waals surface area (Å²) in [6, 6.07) is 2.77. The second-order valence-corrected chi connectivity index (χ2v) is 4.83. The van der Waals surface area contributed by atoms with Crippen LogP contribution in [0.2, 0.25) is 0 Å². The summed E-state index contributed by atoms with van der Waals surface area (Å²) in [7, 11) is 5.22. The third-order valence-electron chi connectivity index (χ3n) is 2.84. The van der Waals surface area contributed by atoms with Crippen LogP contribution < -0.4 is 5.73 Å². The molecule has 4 nitrogen and oxygen atoms in total. The Balaban J connectivity index is 2.97. The molecule has 0 aliphatic carbocycles. The van der Waals surface area contributed by atoms with Crippen LogP contribution in [0.5, 0.6) is 0 Å². The zero-order valence-corrected chi connectivity index (χ0v) is 11.7. The number of rotatable bonds is 4. The summed E-state index contributed by atoms with van der Waals surface area (Å²) >= 11 is 0. The summed E-state index contributed by atoms with van der Waals surface area (Å²) in [6.07, 6.45) is -4.50. The number of likely N-dealkylation sites (N-methyl/N-ethyl adjacent to an activating group) is 2. The molecular weight excluding hydrogens is 271 g/mol. The number of nitrogens with zero attached hydrogens (tertiary/aromatic N) is 2. The van der Waals surface area contributed by atoms with E-state index in [1.54, 1.807) is 0 Å². The van der Waals surface area contributed by atoms with Gasteiger partial charge in [-0.2, -0.15) is 13.2 Å². The molecule has 1 amide bonds. The second kappa shape index (κ2) is 6.13. The van der Waals surface area contributed by atoms with Crippen molar-refractivity contribution in [2.24, 2.45) is 0 Å². The fraction of sp³-hybridized carbons (Fsp3) is 0.462. The molecular formula is C13H18F3N3O. The normalized spacial score (nSPS) is 11.8. The molecule has 20 heavy (non-hydrogen) atoms. The number of hydrogen-bond acceptors (Lipinski definition) is 3. The Hall–Kier alpha value is -1.76. The fourth-order valence-corrected chi connectivity index (χ4v) is 1.57. The van der Waals surface area contributed by atoms with Crippen molar-refractivity contribution in [3.05, 3.63) is 29.3 Å². The molecule has 7 heteroatoms. The Morgan fingerprint density at radius 1 is 1.20 bits per heavy atom. The number of anilines is 1. The third kappa shape index (κ3) is 4.12. The second-order valence-electron chi connectivity index (χ2n) is 4.83. The van der Waals surface area contributed by atoms with E-state index in [0.717, 1.165) is 18.2 Å². The molecule has 112 valence electrons. The highest BCUT2D eigenvalue weighted by molar-refractivity contribution is 5.99. The van der Waals surface area contributed by atoms with Crippen LogP contribution in [-0.4, -0.2) is 49.9 Å². The van der Waals surface area contributed by atoms with E-state index in [2.05, 4.69) is 0 Å². The molecule has 0 aromatic heterocycles. The molecule has 1 aromatic rings. The topological polar surface area (TPSA) is 49.6 Å². The van der Waals surface area contributed by atoms with Crippen molar-refractivity contribution in [2.75, 3.05) is 40.0 Å². The largest absolute Gasteiger partial charge is 0.416 e. The lowest BCUT2D eigenvalue weighted by molar-refractivity contribution is -0.137. The molecule has 1 rings (SSSR count). The van der Waals surface area contributed by atoms with Crippen molar-refractivity contribution >= 4 is 11.6 Å². The standard InChI is InChI=1S/C13H18F3N3O/c1-18(2)6-7-19(3)12(20)10-8-9(13(14,15)16)4-5-11(10)17/h4-5,8H,6-7,17H2,1-3H3. The van der Waals surface area contributed by atoms with E-state index < -0.39 is 17.6 Å². The number of carbonyl (C=O) groups is 1. The van der Waals surface area contributed by atoms with Crippen LogP contribution in [-0.2, 0) is 6.18 Å². The fourth-order valence-electron chi connectivity index (χ4n) is 1.57. The lowest BCUT2D eigenvalue weighted by atomic mass is 10.1. The number of amides is 1. The maximum Gasteiger partial charge on any atom is 0.416 e. The van der Waals surface area contributed by atoms with Gasteiger partial charge in [-0.3, -0.25) is 4.79 Å². The first-order valence-corrected chi connectivity index (χ1v) is 6.00. The predicted octanol–water partition coefficient (Wildman–Crippen LogP) is 1.92. The van der Waals surface area contributed by atoms with Gasteiger partial charge in [-0.15, -0.1) is 0 Å². The minimum Gasteiger partial charge on any atom is -0.398 e. The van der Waals surface area contributed by atoms with Gasteiger partial charge >= 0.3 is 6.18 Å². The first kappa shape index (κ1) is 16.3. The summed E-state index contributed by atoms with van der Waals surface area (Å²) in [6.45, 7) is 1.02. The quantitative estimate of drug-likeness (QED) is 0.862. The molecule has 0 aliphatic rings. The maximum atomic E-state index is 12.6. The molecule has 0 saturated carbocycles. The molecule has 0 atom stereocenters. The number of alkyl halides is 3. The van der Waals surface area contributed by atoms with Gasteiger partial charge in [-0.25, -0.2) is 0 Å². The lowest BCUT2D eigenvalue weighted by Gasteiger charge is -2.21. The molecule has 0 aliphatic heterocycles. The molecule has 2 N–H and O–H groups in total. The van der Waals surface area contributed by atoms with Crippen LogP contribution in [0.3, 0.4) is 0 Å². The van der Waals surface area contributed by atoms with Crippen LogP contribution >= 0.6 is 0 Å². The number of carbonyl (C=O) groups excluding carboxylic acids is 1. The molecule has 1 aromatic carbocycles. The molecule has 0 bridgehead atoms. The van der Waals surface area contributed by atoms with Gasteiger partial charge in [-0.1, -0.05) is 0 Å². The Labute approximate surface area is 116 Å². The molecule has 0 spiro atoms. The lowest BCUT2D eigenvalue weighted by Crippen LogP contribution is -2.34. The Morgan fingerprint density at radius 3 is 2.30 bits per heavy atom. The van der Waals surface area contributed by atoms with Crippen molar-refractivity contribution in [1.29, 1.82) is 0 Å². The summed E-state index contributed by atoms with van der Waals surface area (Å²) in [5, 5.41) is 0. The molecule has 0 unspecified atom stereocenters. The van der Waals surface area contributed by atoms with Crippen LogP contribution in [0, 0.1) is 0 Å². The van der Waals surface area contributed by atoms with Gasteiger partial charge in [0, 0.05) is 25.8 Å². The molecule has 0 heterocycles. The van der Waals surface area contributed by atoms with Crippen LogP contribution in [0.25, 0.3) is 0 Å². The highest BCUT2D eigenvalue weighted by atomic mass is 19.4. The SMILES string of the molecule is CN(C)CCN(C)C(=O)c1cc(C(F)(F)F)ccc1N. The van der Waals surface area contributed by atoms with E-state index in [-0.39, 0.29) is 11.3 Å². The highest BCUT2D eigenvalue weighted by Gasteiger charge is 2.31. The number of benzene rings is 1. The van der Waals surface area contributed by atoms with Crippen LogP contribution in [0.4, 0.5) is 18.9 Å². The van der Waals surface area contributed by atoms with E-state index in [0.29, 0.717) is 13.1 Å². The predicted molar refractivity (Wildman–Crippen MR) is 71.4 cm³/mol. The average Bonchev–Trinajstić information content (AvgIpc) is 2.34. The number of halogens is 3. The molecule has 0 saturated heterocycles. The van der Waals surface area contributed by atoms with Gasteiger partial charge in [0.05, 0.1) is 11.1 Å². The smallest absolute Gasteiger partial charge is 0.398 e. The van der Waals surface area contributed by atoms with Crippen LogP contribution in [0.1, 0.15) is 15.9 Å². The summed E-state index contributed by atoms with van der Waals surface area (Å²) in [4.78, 5) is 15.3. The number of hydrogen-bond donors (Lipinski definition) is 1. The van der Waals surface area contributed by atoms with Gasteiger partial charge < -0.3 is 15.5 Å². The average molecular weight is 289 g/mol. The number of nitrogens with two attached hydrogens (primary N) is 1. The highest BCUT2D eigenvalue weighted by Crippen LogP contribution is 2.31. The Kier molecular flexibility index (Phi) is 4.99. The van der Waals surface area contributed by atoms with E-state index in [9.17, 15) is 18.0 Å². The van der Waals surface area contributed by atoms with Crippen molar-refractivity contribution in [3.63, 3.8) is 0 Å². The van der Waals surface area contributed by atoms with Crippen molar-refractivity contribution < 1.29 is 18.0 Å². The zero-order valence-electron chi connectivity index (χ0n) is 11.7. The van der Waals surface area contributed by atoms with Gasteiger partial charge in [-0.05, 0) is 32.3 Å². The van der Waals surface area contributed by atoms with Gasteiger partial charge in [0.25, 0.3) is 5.91 Å². The van der Waals surface area contributed by atoms with Gasteiger partial charge in [0.15, 0.2) is 0 Å². The van der Waals surface area contributed by atoms with Gasteiger partial charge in [0.2, 0.25) is 0 Å². The summed E-state index contributed by atoms with van der Waals surface area (Å²) in [5.41, 5.74) is 4.64. The Bertz CT molecular complexity index is 486. The van der Waals surface area contributed by atoms with E-state index in [1.165, 1.54) is 11.9 Å². The third-order valence-corrected chi connectivity index (χ3v) is 2.84. The van der Waals surface area contributed by atoms with Crippen molar-refractivity contribution in [3.8, 4) is 0 Å². The van der Waals surface area contributed by atoms with Crippen molar-refractivity contribution in [1.82, 2.24) is 9.80 Å². The minimum atomic E-state index is -4.50. The summed E-state index contributed by atoms with van der Waals surface area (Å²) in [5.74, 6) is -0.518. The van der Waals surface area contributed by atoms with E-state index in [4.69, 9.17) is 5.73 Å². The summed E-state index contributed by atoms with van der Waals surface area (Å²) < 4.78 is 37.9. The Morgan fingerprint density at radius 2 is 1.80 bits per heavy atom. The molecule has 0 fully saturated rings. The molecule has 0 radical (unpaired) electrons. The zero-order chi connectivity index (χ0) is 15.5. The monoisotopic (exact) mass is 289 g/mol. The number of nitrogen functional groups attached to an aromatic ring is 1. The first-order chi connectivity index (χ1) is 9.12. The van der Waals surface area contributed by atoms with Gasteiger partial charge in [0.1, 0.15) is 0 Å². The van der Waals surface area contributed by atoms with Crippen LogP contribution in [0.15, 0.2) is 18.2 Å². The first-order valence-electron chi connectivity index (χ1n) is 6.00. The minimum absolute atomic E-state index is 0.0414. The van der Waals surface area contributed by atoms with Crippen molar-refractivity contribution in [2.45, 2.75) is 6.18 Å². The van der Waals surface area contributed by atoms with E-state index in [1.807, 2.05) is 19.0 Å². The maximum absolute atomic E-state index is 12.6. The van der Waals surface area contributed by atoms with E-state index >= 15 is 0 Å².